The average molecular weight is 246 g/mol. The highest BCUT2D eigenvalue weighted by Crippen LogP contribution is 2.21. The van der Waals surface area contributed by atoms with Crippen molar-refractivity contribution in [1.82, 2.24) is 0 Å². The smallest absolute Gasteiger partial charge is 0.0514 e. The summed E-state index contributed by atoms with van der Waals surface area (Å²) in [5, 5.41) is 0. The van der Waals surface area contributed by atoms with Gasteiger partial charge in [0.25, 0.3) is 0 Å². The molecule has 0 saturated carbocycles. The minimum atomic E-state index is 0.305. The van der Waals surface area contributed by atoms with Crippen molar-refractivity contribution < 1.29 is 4.74 Å². The lowest BCUT2D eigenvalue weighted by atomic mass is 9.94. The Morgan fingerprint density at radius 3 is 2.00 bits per heavy atom. The van der Waals surface area contributed by atoms with Gasteiger partial charge < -0.3 is 4.74 Å². The van der Waals surface area contributed by atoms with Crippen LogP contribution in [0.5, 0.6) is 0 Å². The molecule has 1 nitrogen and oxygen atoms in total. The van der Waals surface area contributed by atoms with Crippen molar-refractivity contribution in [3.05, 3.63) is 0 Å². The molecule has 0 aliphatic rings. The van der Waals surface area contributed by atoms with Crippen LogP contribution in [0, 0.1) is 10.8 Å². The van der Waals surface area contributed by atoms with Crippen molar-refractivity contribution in [3.63, 3.8) is 0 Å². The number of ether oxygens (including phenoxy) is 1. The molecule has 0 fully saturated rings. The molecule has 98 valence electrons. The van der Waals surface area contributed by atoms with Gasteiger partial charge in [-0.25, -0.2) is 0 Å². The van der Waals surface area contributed by atoms with E-state index in [-0.39, 0.29) is 0 Å². The van der Waals surface area contributed by atoms with Gasteiger partial charge in [0, 0.05) is 6.61 Å². The van der Waals surface area contributed by atoms with Crippen LogP contribution in [0.2, 0.25) is 0 Å². The zero-order valence-electron chi connectivity index (χ0n) is 12.1. The lowest BCUT2D eigenvalue weighted by Gasteiger charge is -2.18. The molecule has 0 amide bonds. The van der Waals surface area contributed by atoms with Crippen LogP contribution in [0.15, 0.2) is 0 Å². The second-order valence-electron chi connectivity index (χ2n) is 6.89. The van der Waals surface area contributed by atoms with Crippen LogP contribution in [0.25, 0.3) is 0 Å². The molecule has 0 atom stereocenters. The van der Waals surface area contributed by atoms with Gasteiger partial charge in [-0.3, -0.25) is 0 Å². The third-order valence-corrected chi connectivity index (χ3v) is 3.18. The fourth-order valence-electron chi connectivity index (χ4n) is 1.12. The Morgan fingerprint density at radius 2 is 1.50 bits per heavy atom. The highest BCUT2D eigenvalue weighted by molar-refractivity contribution is 7.99. The summed E-state index contributed by atoms with van der Waals surface area (Å²) in [5.41, 5.74) is 0.787. The summed E-state index contributed by atoms with van der Waals surface area (Å²) in [6.07, 6.45) is 2.49. The van der Waals surface area contributed by atoms with Gasteiger partial charge in [-0.05, 0) is 35.2 Å². The zero-order valence-corrected chi connectivity index (χ0v) is 12.9. The summed E-state index contributed by atoms with van der Waals surface area (Å²) < 4.78 is 5.63. The Bertz CT molecular complexity index is 145. The maximum atomic E-state index is 5.63. The van der Waals surface area contributed by atoms with Crippen LogP contribution >= 0.6 is 11.8 Å². The van der Waals surface area contributed by atoms with Crippen LogP contribution < -0.4 is 0 Å². The van der Waals surface area contributed by atoms with Crippen LogP contribution in [-0.4, -0.2) is 24.7 Å². The molecule has 16 heavy (non-hydrogen) atoms. The number of rotatable bonds is 7. The molecule has 0 heterocycles. The van der Waals surface area contributed by atoms with Gasteiger partial charge in [0.1, 0.15) is 0 Å². The van der Waals surface area contributed by atoms with Crippen molar-refractivity contribution in [2.75, 3.05) is 24.7 Å². The minimum Gasteiger partial charge on any atom is -0.381 e. The summed E-state index contributed by atoms with van der Waals surface area (Å²) in [6, 6.07) is 0. The Labute approximate surface area is 107 Å². The lowest BCUT2D eigenvalue weighted by Crippen LogP contribution is -2.15. The molecule has 0 bridgehead atoms. The van der Waals surface area contributed by atoms with E-state index >= 15 is 0 Å². The highest BCUT2D eigenvalue weighted by Gasteiger charge is 2.10. The maximum Gasteiger partial charge on any atom is 0.0514 e. The van der Waals surface area contributed by atoms with Crippen molar-refractivity contribution in [1.29, 1.82) is 0 Å². The Morgan fingerprint density at radius 1 is 0.875 bits per heavy atom. The minimum absolute atomic E-state index is 0.305. The molecule has 0 aromatic carbocycles. The predicted octanol–water partition coefficient (Wildman–Crippen LogP) is 4.61. The monoisotopic (exact) mass is 246 g/mol. The summed E-state index contributed by atoms with van der Waals surface area (Å²) in [7, 11) is 0. The van der Waals surface area contributed by atoms with E-state index in [2.05, 4.69) is 53.3 Å². The number of thioether (sulfide) groups is 1. The van der Waals surface area contributed by atoms with Gasteiger partial charge >= 0.3 is 0 Å². The van der Waals surface area contributed by atoms with Crippen molar-refractivity contribution in [3.8, 4) is 0 Å². The molecule has 0 aromatic heterocycles. The second-order valence-corrected chi connectivity index (χ2v) is 8.11. The summed E-state index contributed by atoms with van der Waals surface area (Å²) >= 11 is 2.06. The molecule has 0 N–H and O–H groups in total. The van der Waals surface area contributed by atoms with E-state index in [9.17, 15) is 0 Å². The predicted molar refractivity (Wildman–Crippen MR) is 76.3 cm³/mol. The second kappa shape index (κ2) is 7.60. The first-order valence-electron chi connectivity index (χ1n) is 6.36. The fraction of sp³-hybridized carbons (Fsp3) is 1.00. The first-order valence-corrected chi connectivity index (χ1v) is 7.52. The molecule has 0 aliphatic carbocycles. The van der Waals surface area contributed by atoms with Crippen LogP contribution in [-0.2, 0) is 4.74 Å². The van der Waals surface area contributed by atoms with E-state index in [1.165, 1.54) is 24.3 Å². The summed E-state index contributed by atoms with van der Waals surface area (Å²) in [5.74, 6) is 2.52. The van der Waals surface area contributed by atoms with E-state index in [0.29, 0.717) is 10.8 Å². The number of hydrogen-bond acceptors (Lipinski definition) is 2. The van der Waals surface area contributed by atoms with Gasteiger partial charge in [0.15, 0.2) is 0 Å². The third kappa shape index (κ3) is 14.3. The largest absolute Gasteiger partial charge is 0.381 e. The Balaban J connectivity index is 3.17. The average Bonchev–Trinajstić information content (AvgIpc) is 2.06. The zero-order chi connectivity index (χ0) is 12.7. The van der Waals surface area contributed by atoms with Gasteiger partial charge in [0.05, 0.1) is 6.61 Å². The molecule has 0 spiro atoms. The molecule has 0 radical (unpaired) electrons. The Kier molecular flexibility index (Phi) is 7.75. The first kappa shape index (κ1) is 16.3. The normalized spacial score (nSPS) is 13.1. The standard InChI is InChI=1S/C14H30OS/c1-13(2,3)8-11-16-10-7-9-15-12-14(4,5)6/h7-12H2,1-6H3. The Hall–Kier alpha value is 0.310. The lowest BCUT2D eigenvalue weighted by molar-refractivity contribution is 0.0722. The molecule has 0 saturated heterocycles. The molecule has 0 unspecified atom stereocenters. The summed E-state index contributed by atoms with van der Waals surface area (Å²) in [6.45, 7) is 15.3. The van der Waals surface area contributed by atoms with Crippen LogP contribution in [0.4, 0.5) is 0 Å². The molecular formula is C14H30OS. The van der Waals surface area contributed by atoms with Gasteiger partial charge in [-0.15, -0.1) is 0 Å². The quantitative estimate of drug-likeness (QED) is 0.607. The maximum absolute atomic E-state index is 5.63. The van der Waals surface area contributed by atoms with E-state index in [1.54, 1.807) is 0 Å². The van der Waals surface area contributed by atoms with Gasteiger partial charge in [-0.1, -0.05) is 41.5 Å². The molecule has 0 aromatic rings. The third-order valence-electron chi connectivity index (χ3n) is 2.11. The van der Waals surface area contributed by atoms with Crippen molar-refractivity contribution in [2.45, 2.75) is 54.4 Å². The number of hydrogen-bond donors (Lipinski definition) is 0. The first-order chi connectivity index (χ1) is 7.21. The van der Waals surface area contributed by atoms with E-state index in [4.69, 9.17) is 4.74 Å². The molecule has 0 rings (SSSR count). The van der Waals surface area contributed by atoms with E-state index in [0.717, 1.165) is 13.2 Å². The fourth-order valence-corrected chi connectivity index (χ4v) is 2.40. The molecule has 0 aliphatic heterocycles. The van der Waals surface area contributed by atoms with Crippen LogP contribution in [0.1, 0.15) is 54.4 Å². The van der Waals surface area contributed by atoms with Crippen LogP contribution in [0.3, 0.4) is 0 Å². The summed E-state index contributed by atoms with van der Waals surface area (Å²) in [4.78, 5) is 0. The SMILES string of the molecule is CC(C)(C)CCSCCCOCC(C)(C)C. The van der Waals surface area contributed by atoms with Crippen molar-refractivity contribution in [2.24, 2.45) is 10.8 Å². The molecule has 2 heteroatoms. The molecular weight excluding hydrogens is 216 g/mol. The van der Waals surface area contributed by atoms with Gasteiger partial charge in [-0.2, -0.15) is 11.8 Å². The topological polar surface area (TPSA) is 9.23 Å². The van der Waals surface area contributed by atoms with E-state index < -0.39 is 0 Å². The van der Waals surface area contributed by atoms with Crippen molar-refractivity contribution >= 4 is 11.8 Å². The van der Waals surface area contributed by atoms with Gasteiger partial charge in [0.2, 0.25) is 0 Å². The van der Waals surface area contributed by atoms with E-state index in [1.807, 2.05) is 0 Å². The highest BCUT2D eigenvalue weighted by atomic mass is 32.2.